The van der Waals surface area contributed by atoms with Crippen molar-refractivity contribution in [3.05, 3.63) is 33.7 Å². The van der Waals surface area contributed by atoms with Crippen molar-refractivity contribution >= 4 is 34.0 Å². The van der Waals surface area contributed by atoms with Crippen LogP contribution in [0.25, 0.3) is 4.96 Å². The number of piperazine rings is 1. The zero-order valence-electron chi connectivity index (χ0n) is 10.9. The van der Waals surface area contributed by atoms with Crippen LogP contribution in [0, 0.1) is 0 Å². The molecule has 0 aromatic carbocycles. The summed E-state index contributed by atoms with van der Waals surface area (Å²) < 4.78 is 1.26. The Balaban J connectivity index is 2.03. The van der Waals surface area contributed by atoms with Crippen molar-refractivity contribution in [1.29, 1.82) is 0 Å². The number of carbonyl (C=O) groups is 3. The summed E-state index contributed by atoms with van der Waals surface area (Å²) in [6.07, 6.45) is 2.70. The van der Waals surface area contributed by atoms with Gasteiger partial charge in [0.2, 0.25) is 11.8 Å². The minimum Gasteiger partial charge on any atom is -0.317 e. The van der Waals surface area contributed by atoms with Crippen LogP contribution >= 0.6 is 11.3 Å². The van der Waals surface area contributed by atoms with E-state index < -0.39 is 29.3 Å². The lowest BCUT2D eigenvalue weighted by atomic mass is 10.1. The van der Waals surface area contributed by atoms with E-state index >= 15 is 0 Å². The number of thiazole rings is 1. The van der Waals surface area contributed by atoms with Crippen molar-refractivity contribution in [3.63, 3.8) is 0 Å². The minimum absolute atomic E-state index is 0.166. The maximum Gasteiger partial charge on any atom is 0.271 e. The summed E-state index contributed by atoms with van der Waals surface area (Å²) in [5, 5.41) is 3.82. The van der Waals surface area contributed by atoms with Gasteiger partial charge in [0.05, 0.1) is 0 Å². The zero-order chi connectivity index (χ0) is 15.1. The molecule has 3 rings (SSSR count). The summed E-state index contributed by atoms with van der Waals surface area (Å²) in [6, 6.07) is -0.822. The molecule has 1 fully saturated rings. The Morgan fingerprint density at radius 3 is 2.95 bits per heavy atom. The molecule has 1 atom stereocenters. The summed E-state index contributed by atoms with van der Waals surface area (Å²) in [5.41, 5.74) is -0.683. The van der Waals surface area contributed by atoms with Crippen molar-refractivity contribution in [2.45, 2.75) is 13.0 Å². The standard InChI is InChI=1S/C12H10N4O4S/c1-6-9(18)14-8(17)5-16(6)11(20)7-4-13-12-15(10(7)19)2-3-21-12/h2-4,6H,5H2,1H3,(H,14,17,18). The maximum absolute atomic E-state index is 12.4. The van der Waals surface area contributed by atoms with Gasteiger partial charge in [-0.3, -0.25) is 28.9 Å². The van der Waals surface area contributed by atoms with Crippen molar-refractivity contribution in [3.8, 4) is 0 Å². The first kappa shape index (κ1) is 13.4. The third-order valence-electron chi connectivity index (χ3n) is 3.26. The fourth-order valence-electron chi connectivity index (χ4n) is 2.09. The number of aromatic nitrogens is 2. The van der Waals surface area contributed by atoms with Gasteiger partial charge >= 0.3 is 0 Å². The number of amides is 3. The van der Waals surface area contributed by atoms with Crippen molar-refractivity contribution in [2.24, 2.45) is 0 Å². The molecule has 0 aliphatic carbocycles. The second-order valence-corrected chi connectivity index (χ2v) is 5.43. The fraction of sp³-hybridized carbons (Fsp3) is 0.250. The summed E-state index contributed by atoms with van der Waals surface area (Å²) >= 11 is 1.27. The van der Waals surface area contributed by atoms with E-state index in [1.54, 1.807) is 5.38 Å². The number of nitrogens with one attached hydrogen (secondary N) is 1. The molecule has 2 aromatic heterocycles. The molecule has 0 spiro atoms. The highest BCUT2D eigenvalue weighted by Gasteiger charge is 2.35. The quantitative estimate of drug-likeness (QED) is 0.698. The normalized spacial score (nSPS) is 18.9. The van der Waals surface area contributed by atoms with Crippen LogP contribution in [0.15, 0.2) is 22.6 Å². The van der Waals surface area contributed by atoms with Crippen LogP contribution in [0.5, 0.6) is 0 Å². The van der Waals surface area contributed by atoms with E-state index in [4.69, 9.17) is 0 Å². The molecular formula is C12H10N4O4S. The van der Waals surface area contributed by atoms with Crippen LogP contribution in [-0.4, -0.2) is 44.6 Å². The molecular weight excluding hydrogens is 296 g/mol. The average Bonchev–Trinajstić information content (AvgIpc) is 2.92. The van der Waals surface area contributed by atoms with Gasteiger partial charge in [0.25, 0.3) is 11.5 Å². The van der Waals surface area contributed by atoms with Gasteiger partial charge in [-0.15, -0.1) is 11.3 Å². The van der Waals surface area contributed by atoms with Crippen LogP contribution in [-0.2, 0) is 9.59 Å². The molecule has 1 aliphatic rings. The Morgan fingerprint density at radius 1 is 1.43 bits per heavy atom. The summed E-state index contributed by atoms with van der Waals surface area (Å²) in [7, 11) is 0. The molecule has 3 amide bonds. The largest absolute Gasteiger partial charge is 0.317 e. The Bertz CT molecular complexity index is 824. The summed E-state index contributed by atoms with van der Waals surface area (Å²) in [5.74, 6) is -1.82. The van der Waals surface area contributed by atoms with Crippen LogP contribution < -0.4 is 10.9 Å². The monoisotopic (exact) mass is 306 g/mol. The number of hydrogen-bond acceptors (Lipinski definition) is 6. The molecule has 3 heterocycles. The SMILES string of the molecule is CC1C(=O)NC(=O)CN1C(=O)c1cnc2sccn2c1=O. The van der Waals surface area contributed by atoms with E-state index in [9.17, 15) is 19.2 Å². The molecule has 108 valence electrons. The second-order valence-electron chi connectivity index (χ2n) is 4.55. The lowest BCUT2D eigenvalue weighted by Crippen LogP contribution is -2.59. The van der Waals surface area contributed by atoms with Crippen LogP contribution in [0.3, 0.4) is 0 Å². The van der Waals surface area contributed by atoms with Crippen molar-refractivity contribution in [1.82, 2.24) is 19.6 Å². The number of rotatable bonds is 1. The molecule has 0 radical (unpaired) electrons. The summed E-state index contributed by atoms with van der Waals surface area (Å²) in [4.78, 5) is 53.2. The first-order valence-corrected chi connectivity index (χ1v) is 6.96. The van der Waals surface area contributed by atoms with Crippen LogP contribution in [0.1, 0.15) is 17.3 Å². The Hall–Kier alpha value is -2.55. The van der Waals surface area contributed by atoms with Crippen LogP contribution in [0.2, 0.25) is 0 Å². The fourth-order valence-corrected chi connectivity index (χ4v) is 2.76. The lowest BCUT2D eigenvalue weighted by Gasteiger charge is -2.31. The molecule has 1 saturated heterocycles. The molecule has 2 aromatic rings. The predicted molar refractivity (Wildman–Crippen MR) is 73.0 cm³/mol. The highest BCUT2D eigenvalue weighted by Crippen LogP contribution is 2.11. The molecule has 1 aliphatic heterocycles. The number of imide groups is 1. The Morgan fingerprint density at radius 2 is 2.19 bits per heavy atom. The predicted octanol–water partition coefficient (Wildman–Crippen LogP) is -0.757. The highest BCUT2D eigenvalue weighted by molar-refractivity contribution is 7.15. The first-order chi connectivity index (χ1) is 9.99. The van der Waals surface area contributed by atoms with Crippen molar-refractivity contribution in [2.75, 3.05) is 6.54 Å². The zero-order valence-corrected chi connectivity index (χ0v) is 11.7. The van der Waals surface area contributed by atoms with Gasteiger partial charge in [-0.05, 0) is 6.92 Å². The van der Waals surface area contributed by atoms with Crippen molar-refractivity contribution < 1.29 is 14.4 Å². The van der Waals surface area contributed by atoms with Gasteiger partial charge in [-0.1, -0.05) is 0 Å². The Kier molecular flexibility index (Phi) is 3.05. The van der Waals surface area contributed by atoms with Gasteiger partial charge in [-0.2, -0.15) is 0 Å². The van der Waals surface area contributed by atoms with E-state index in [2.05, 4.69) is 10.3 Å². The Labute approximate surface area is 122 Å². The summed E-state index contributed by atoms with van der Waals surface area (Å²) in [6.45, 7) is 1.23. The maximum atomic E-state index is 12.4. The van der Waals surface area contributed by atoms with Gasteiger partial charge in [0, 0.05) is 17.8 Å². The average molecular weight is 306 g/mol. The van der Waals surface area contributed by atoms with Gasteiger partial charge in [-0.25, -0.2) is 4.98 Å². The van der Waals surface area contributed by atoms with Crippen LogP contribution in [0.4, 0.5) is 0 Å². The van der Waals surface area contributed by atoms with E-state index in [1.165, 1.54) is 35.1 Å². The second kappa shape index (κ2) is 4.77. The number of nitrogens with zero attached hydrogens (tertiary/aromatic N) is 3. The highest BCUT2D eigenvalue weighted by atomic mass is 32.1. The first-order valence-electron chi connectivity index (χ1n) is 6.08. The molecule has 21 heavy (non-hydrogen) atoms. The van der Waals surface area contributed by atoms with E-state index in [1.807, 2.05) is 0 Å². The molecule has 8 nitrogen and oxygen atoms in total. The molecule has 1 N–H and O–H groups in total. The third-order valence-corrected chi connectivity index (χ3v) is 4.03. The molecule has 9 heteroatoms. The topological polar surface area (TPSA) is 101 Å². The number of carbonyl (C=O) groups excluding carboxylic acids is 3. The third kappa shape index (κ3) is 2.11. The van der Waals surface area contributed by atoms with Gasteiger partial charge < -0.3 is 4.90 Å². The minimum atomic E-state index is -0.822. The molecule has 1 unspecified atom stereocenters. The van der Waals surface area contributed by atoms with Gasteiger partial charge in [0.15, 0.2) is 4.96 Å². The number of fused-ring (bicyclic) bond motifs is 1. The van der Waals surface area contributed by atoms with Gasteiger partial charge in [0.1, 0.15) is 18.2 Å². The van der Waals surface area contributed by atoms with E-state index in [0.717, 1.165) is 4.90 Å². The number of hydrogen-bond donors (Lipinski definition) is 1. The van der Waals surface area contributed by atoms with E-state index in [0.29, 0.717) is 4.96 Å². The smallest absolute Gasteiger partial charge is 0.271 e. The molecule has 0 saturated carbocycles. The van der Waals surface area contributed by atoms with E-state index in [-0.39, 0.29) is 12.1 Å². The molecule has 0 bridgehead atoms. The lowest BCUT2D eigenvalue weighted by molar-refractivity contribution is -0.138.